The Morgan fingerprint density at radius 2 is 1.95 bits per heavy atom. The van der Waals surface area contributed by atoms with Crippen LogP contribution in [0, 0.1) is 6.92 Å². The average Bonchev–Trinajstić information content (AvgIpc) is 2.82. The summed E-state index contributed by atoms with van der Waals surface area (Å²) in [7, 11) is 0. The van der Waals surface area contributed by atoms with Gasteiger partial charge in [0.25, 0.3) is 0 Å². The maximum Gasteiger partial charge on any atom is 0.138 e. The molecule has 19 heavy (non-hydrogen) atoms. The lowest BCUT2D eigenvalue weighted by atomic mass is 10.1. The summed E-state index contributed by atoms with van der Waals surface area (Å²) in [4.78, 5) is 1.21. The number of rotatable bonds is 3. The molecule has 0 N–H and O–H groups in total. The Kier molecular flexibility index (Phi) is 3.45. The highest BCUT2D eigenvalue weighted by atomic mass is 35.5. The van der Waals surface area contributed by atoms with Crippen molar-refractivity contribution < 1.29 is 4.74 Å². The van der Waals surface area contributed by atoms with Crippen molar-refractivity contribution in [3.8, 4) is 5.75 Å². The molecule has 1 aromatic heterocycles. The molecule has 3 heteroatoms. The molecular formula is C16H13ClOS. The maximum absolute atomic E-state index is 6.07. The Morgan fingerprint density at radius 1 is 1.11 bits per heavy atom. The normalized spacial score (nSPS) is 10.8. The minimum atomic E-state index is 0.558. The fraction of sp³-hybridized carbons (Fsp3) is 0.125. The van der Waals surface area contributed by atoms with Crippen LogP contribution >= 0.6 is 22.9 Å². The highest BCUT2D eigenvalue weighted by Crippen LogP contribution is 2.30. The molecule has 1 heterocycles. The van der Waals surface area contributed by atoms with E-state index in [0.717, 1.165) is 5.75 Å². The summed E-state index contributed by atoms with van der Waals surface area (Å²) in [5.74, 6) is 0.735. The number of fused-ring (bicyclic) bond motifs is 1. The fourth-order valence-electron chi connectivity index (χ4n) is 2.04. The number of para-hydroxylation sites is 1. The van der Waals surface area contributed by atoms with Crippen molar-refractivity contribution in [2.24, 2.45) is 0 Å². The van der Waals surface area contributed by atoms with Crippen molar-refractivity contribution in [3.63, 3.8) is 0 Å². The van der Waals surface area contributed by atoms with Gasteiger partial charge in [-0.1, -0.05) is 35.9 Å². The van der Waals surface area contributed by atoms with Crippen molar-refractivity contribution >= 4 is 33.0 Å². The van der Waals surface area contributed by atoms with Crippen LogP contribution in [0.2, 0.25) is 5.02 Å². The van der Waals surface area contributed by atoms with Gasteiger partial charge in [0.05, 0.1) is 5.02 Å². The first kappa shape index (κ1) is 12.5. The van der Waals surface area contributed by atoms with Gasteiger partial charge < -0.3 is 4.74 Å². The lowest BCUT2D eigenvalue weighted by molar-refractivity contribution is 0.310. The van der Waals surface area contributed by atoms with Crippen LogP contribution in [0.4, 0.5) is 0 Å². The summed E-state index contributed by atoms with van der Waals surface area (Å²) in [6.45, 7) is 2.69. The van der Waals surface area contributed by atoms with Crippen LogP contribution in [0.25, 0.3) is 10.1 Å². The van der Waals surface area contributed by atoms with Crippen LogP contribution in [0.3, 0.4) is 0 Å². The van der Waals surface area contributed by atoms with E-state index in [0.29, 0.717) is 11.6 Å². The van der Waals surface area contributed by atoms with Crippen molar-refractivity contribution in [2.75, 3.05) is 0 Å². The highest BCUT2D eigenvalue weighted by Gasteiger charge is 2.05. The third kappa shape index (κ3) is 2.60. The average molecular weight is 289 g/mol. The first-order valence-corrected chi connectivity index (χ1v) is 7.29. The summed E-state index contributed by atoms with van der Waals surface area (Å²) in [6.07, 6.45) is 0. The molecule has 2 aromatic carbocycles. The minimum absolute atomic E-state index is 0.558. The third-order valence-electron chi connectivity index (χ3n) is 3.04. The molecule has 0 radical (unpaired) electrons. The van der Waals surface area contributed by atoms with E-state index < -0.39 is 0 Å². The summed E-state index contributed by atoms with van der Waals surface area (Å²) >= 11 is 7.84. The molecule has 3 aromatic rings. The zero-order chi connectivity index (χ0) is 13.2. The lowest BCUT2D eigenvalue weighted by Gasteiger charge is -2.05. The van der Waals surface area contributed by atoms with E-state index in [1.54, 1.807) is 11.3 Å². The number of ether oxygens (including phenoxy) is 1. The highest BCUT2D eigenvalue weighted by molar-refractivity contribution is 7.19. The molecule has 0 unspecified atom stereocenters. The number of thiophene rings is 1. The predicted molar refractivity (Wildman–Crippen MR) is 82.3 cm³/mol. The molecule has 0 saturated heterocycles. The van der Waals surface area contributed by atoms with E-state index in [1.807, 2.05) is 24.3 Å². The smallest absolute Gasteiger partial charge is 0.138 e. The Balaban J connectivity index is 1.83. The van der Waals surface area contributed by atoms with E-state index >= 15 is 0 Å². The van der Waals surface area contributed by atoms with Gasteiger partial charge in [0.15, 0.2) is 0 Å². The molecule has 0 aliphatic carbocycles. The van der Waals surface area contributed by atoms with Gasteiger partial charge in [-0.2, -0.15) is 0 Å². The number of halogens is 1. The van der Waals surface area contributed by atoms with E-state index in [1.165, 1.54) is 20.5 Å². The van der Waals surface area contributed by atoms with E-state index in [2.05, 4.69) is 31.2 Å². The van der Waals surface area contributed by atoms with Crippen molar-refractivity contribution in [3.05, 3.63) is 64.0 Å². The van der Waals surface area contributed by atoms with Gasteiger partial charge in [-0.15, -0.1) is 11.3 Å². The molecule has 0 spiro atoms. The predicted octanol–water partition coefficient (Wildman–Crippen LogP) is 5.44. The Morgan fingerprint density at radius 3 is 2.74 bits per heavy atom. The number of benzene rings is 2. The molecule has 1 nitrogen and oxygen atoms in total. The summed E-state index contributed by atoms with van der Waals surface area (Å²) in [5.41, 5.74) is 1.30. The number of hydrogen-bond acceptors (Lipinski definition) is 2. The van der Waals surface area contributed by atoms with Crippen molar-refractivity contribution in [1.82, 2.24) is 0 Å². The Bertz CT molecular complexity index is 718. The van der Waals surface area contributed by atoms with Gasteiger partial charge >= 0.3 is 0 Å². The third-order valence-corrected chi connectivity index (χ3v) is 4.42. The first-order valence-electron chi connectivity index (χ1n) is 6.09. The number of hydrogen-bond donors (Lipinski definition) is 0. The molecule has 0 aliphatic heterocycles. The Hall–Kier alpha value is -1.51. The quantitative estimate of drug-likeness (QED) is 0.623. The van der Waals surface area contributed by atoms with Crippen LogP contribution in [0.5, 0.6) is 5.75 Å². The second kappa shape index (κ2) is 5.24. The maximum atomic E-state index is 6.07. The summed E-state index contributed by atoms with van der Waals surface area (Å²) < 4.78 is 7.07. The van der Waals surface area contributed by atoms with Gasteiger partial charge in [-0.05, 0) is 42.1 Å². The Labute approximate surface area is 121 Å². The van der Waals surface area contributed by atoms with Gasteiger partial charge in [0.2, 0.25) is 0 Å². The largest absolute Gasteiger partial charge is 0.487 e. The molecule has 0 aliphatic rings. The van der Waals surface area contributed by atoms with Crippen LogP contribution < -0.4 is 4.74 Å². The monoisotopic (exact) mass is 288 g/mol. The lowest BCUT2D eigenvalue weighted by Crippen LogP contribution is -1.92. The van der Waals surface area contributed by atoms with E-state index in [9.17, 15) is 0 Å². The second-order valence-corrected chi connectivity index (χ2v) is 5.99. The van der Waals surface area contributed by atoms with E-state index in [-0.39, 0.29) is 0 Å². The van der Waals surface area contributed by atoms with Crippen molar-refractivity contribution in [2.45, 2.75) is 13.5 Å². The summed E-state index contributed by atoms with van der Waals surface area (Å²) in [6, 6.07) is 16.1. The standard InChI is InChI=1S/C16H13ClOS/c1-11-5-4-8-16-13(11)9-12(19-16)10-18-15-7-3-2-6-14(15)17/h2-9H,10H2,1H3. The van der Waals surface area contributed by atoms with Gasteiger partial charge in [0.1, 0.15) is 12.4 Å². The zero-order valence-corrected chi connectivity index (χ0v) is 12.1. The molecule has 96 valence electrons. The molecular weight excluding hydrogens is 276 g/mol. The fourth-order valence-corrected chi connectivity index (χ4v) is 3.29. The molecule has 0 saturated carbocycles. The van der Waals surface area contributed by atoms with Gasteiger partial charge in [-0.25, -0.2) is 0 Å². The first-order chi connectivity index (χ1) is 9.24. The number of aryl methyl sites for hydroxylation is 1. The minimum Gasteiger partial charge on any atom is -0.487 e. The van der Waals surface area contributed by atoms with E-state index in [4.69, 9.17) is 16.3 Å². The second-order valence-electron chi connectivity index (χ2n) is 4.42. The SMILES string of the molecule is Cc1cccc2sc(COc3ccccc3Cl)cc12. The van der Waals surface area contributed by atoms with Crippen LogP contribution in [-0.2, 0) is 6.61 Å². The van der Waals surface area contributed by atoms with Crippen LogP contribution in [-0.4, -0.2) is 0 Å². The zero-order valence-electron chi connectivity index (χ0n) is 10.5. The molecule has 0 atom stereocenters. The molecule has 0 fully saturated rings. The topological polar surface area (TPSA) is 9.23 Å². The van der Waals surface area contributed by atoms with Crippen LogP contribution in [0.1, 0.15) is 10.4 Å². The molecule has 0 amide bonds. The van der Waals surface area contributed by atoms with Crippen molar-refractivity contribution in [1.29, 1.82) is 0 Å². The summed E-state index contributed by atoms with van der Waals surface area (Å²) in [5, 5.41) is 1.96. The van der Waals surface area contributed by atoms with Gasteiger partial charge in [-0.3, -0.25) is 0 Å². The van der Waals surface area contributed by atoms with Gasteiger partial charge in [0, 0.05) is 9.58 Å². The van der Waals surface area contributed by atoms with Crippen LogP contribution in [0.15, 0.2) is 48.5 Å². The molecule has 3 rings (SSSR count). The molecule has 0 bridgehead atoms.